The fourth-order valence-electron chi connectivity index (χ4n) is 3.52. The minimum absolute atomic E-state index is 0.393. The topological polar surface area (TPSA) is 78.6 Å². The van der Waals surface area contributed by atoms with Gasteiger partial charge in [-0.25, -0.2) is 0 Å². The van der Waals surface area contributed by atoms with Crippen molar-refractivity contribution in [3.63, 3.8) is 0 Å². The minimum Gasteiger partial charge on any atom is -0.350 e. The van der Waals surface area contributed by atoms with E-state index >= 15 is 0 Å². The van der Waals surface area contributed by atoms with Crippen molar-refractivity contribution in [1.82, 2.24) is 20.2 Å². The van der Waals surface area contributed by atoms with Crippen molar-refractivity contribution in [2.24, 2.45) is 0 Å². The lowest BCUT2D eigenvalue weighted by atomic mass is 9.98. The highest BCUT2D eigenvalue weighted by molar-refractivity contribution is 5.66. The molecule has 27 heavy (non-hydrogen) atoms. The number of nitrogens with zero attached hydrogens (tertiary/aromatic N) is 6. The maximum atomic E-state index is 9.16. The Morgan fingerprint density at radius 2 is 1.96 bits per heavy atom. The summed E-state index contributed by atoms with van der Waals surface area (Å²) in [5, 5.41) is 17.6. The van der Waals surface area contributed by atoms with Crippen LogP contribution in [0, 0.1) is 32.1 Å². The lowest BCUT2D eigenvalue weighted by Crippen LogP contribution is -2.32. The molecule has 3 aromatic rings. The van der Waals surface area contributed by atoms with E-state index in [1.165, 1.54) is 11.1 Å². The van der Waals surface area contributed by atoms with Gasteiger partial charge in [-0.1, -0.05) is 0 Å². The van der Waals surface area contributed by atoms with Crippen LogP contribution in [0.15, 0.2) is 30.7 Å². The van der Waals surface area contributed by atoms with Gasteiger partial charge in [-0.15, -0.1) is 10.2 Å². The fourth-order valence-corrected chi connectivity index (χ4v) is 3.52. The monoisotopic (exact) mass is 356 g/mol. The average molecular weight is 356 g/mol. The van der Waals surface area contributed by atoms with E-state index < -0.39 is 0 Å². The zero-order chi connectivity index (χ0) is 19.0. The maximum Gasteiger partial charge on any atom is 0.166 e. The van der Waals surface area contributed by atoms with Gasteiger partial charge in [0.05, 0.1) is 0 Å². The van der Waals surface area contributed by atoms with Crippen LogP contribution in [0.4, 0.5) is 5.82 Å². The molecule has 134 valence electrons. The predicted molar refractivity (Wildman–Crippen MR) is 103 cm³/mol. The second-order valence-electron chi connectivity index (χ2n) is 6.93. The zero-order valence-electron chi connectivity index (χ0n) is 15.7. The van der Waals surface area contributed by atoms with Gasteiger partial charge in [0, 0.05) is 54.9 Å². The molecule has 0 unspecified atom stereocenters. The van der Waals surface area contributed by atoms with Gasteiger partial charge in [0.25, 0.3) is 0 Å². The third-order valence-electron chi connectivity index (χ3n) is 5.29. The molecule has 0 aromatic carbocycles. The summed E-state index contributed by atoms with van der Waals surface area (Å²) >= 11 is 0. The number of pyridine rings is 2. The Morgan fingerprint density at radius 1 is 1.11 bits per heavy atom. The van der Waals surface area contributed by atoms with Crippen molar-refractivity contribution in [3.05, 3.63) is 64.4 Å². The van der Waals surface area contributed by atoms with Crippen molar-refractivity contribution in [2.75, 3.05) is 11.4 Å². The molecule has 1 aliphatic rings. The van der Waals surface area contributed by atoms with Gasteiger partial charge in [-0.3, -0.25) is 9.97 Å². The Bertz CT molecular complexity index is 1070. The van der Waals surface area contributed by atoms with Gasteiger partial charge in [0.2, 0.25) is 0 Å². The van der Waals surface area contributed by atoms with E-state index in [1.807, 2.05) is 32.3 Å². The summed E-state index contributed by atoms with van der Waals surface area (Å²) in [7, 11) is 0. The van der Waals surface area contributed by atoms with Crippen LogP contribution in [-0.2, 0) is 13.0 Å². The summed E-state index contributed by atoms with van der Waals surface area (Å²) < 4.78 is 0. The van der Waals surface area contributed by atoms with E-state index in [2.05, 4.69) is 39.1 Å². The molecule has 0 aliphatic carbocycles. The molecule has 0 atom stereocenters. The predicted octanol–water partition coefficient (Wildman–Crippen LogP) is 3.29. The van der Waals surface area contributed by atoms with Crippen molar-refractivity contribution in [3.8, 4) is 17.2 Å². The first-order valence-corrected chi connectivity index (χ1v) is 8.96. The lowest BCUT2D eigenvalue weighted by molar-refractivity contribution is 0.692. The lowest BCUT2D eigenvalue weighted by Gasteiger charge is -2.30. The molecule has 4 heterocycles. The molecular formula is C21H20N6. The van der Waals surface area contributed by atoms with Gasteiger partial charge < -0.3 is 4.90 Å². The molecule has 4 rings (SSSR count). The molecule has 3 aromatic heterocycles. The van der Waals surface area contributed by atoms with Crippen LogP contribution in [0.2, 0.25) is 0 Å². The van der Waals surface area contributed by atoms with E-state index in [0.717, 1.165) is 53.3 Å². The molecule has 6 heteroatoms. The van der Waals surface area contributed by atoms with Crippen molar-refractivity contribution >= 4 is 5.82 Å². The highest BCUT2D eigenvalue weighted by Crippen LogP contribution is 2.29. The van der Waals surface area contributed by atoms with Crippen molar-refractivity contribution in [2.45, 2.75) is 33.7 Å². The number of anilines is 1. The van der Waals surface area contributed by atoms with Crippen LogP contribution in [0.3, 0.4) is 0 Å². The second kappa shape index (κ2) is 6.76. The summed E-state index contributed by atoms with van der Waals surface area (Å²) in [5.41, 5.74) is 8.00. The Morgan fingerprint density at radius 3 is 2.74 bits per heavy atom. The maximum absolute atomic E-state index is 9.16. The van der Waals surface area contributed by atoms with Gasteiger partial charge in [-0.05, 0) is 55.2 Å². The average Bonchev–Trinajstić information content (AvgIpc) is 2.69. The van der Waals surface area contributed by atoms with Crippen LogP contribution >= 0.6 is 0 Å². The SMILES string of the molecule is Cc1ccncc1-c1cnc2c(c1)CN(c1nnc(C#N)c(C)c1C)CC2. The Balaban J connectivity index is 1.69. The van der Waals surface area contributed by atoms with E-state index in [9.17, 15) is 0 Å². The molecule has 0 N–H and O–H groups in total. The molecule has 0 fully saturated rings. The molecule has 0 saturated heterocycles. The highest BCUT2D eigenvalue weighted by atomic mass is 15.3. The molecule has 0 spiro atoms. The third kappa shape index (κ3) is 3.02. The number of hydrogen-bond donors (Lipinski definition) is 0. The van der Waals surface area contributed by atoms with Crippen molar-refractivity contribution in [1.29, 1.82) is 5.26 Å². The summed E-state index contributed by atoms with van der Waals surface area (Å²) in [6, 6.07) is 6.32. The first-order chi connectivity index (χ1) is 13.1. The molecular weight excluding hydrogens is 336 g/mol. The molecule has 0 amide bonds. The van der Waals surface area contributed by atoms with E-state index in [0.29, 0.717) is 5.69 Å². The Labute approximate surface area is 158 Å². The van der Waals surface area contributed by atoms with Crippen LogP contribution in [0.1, 0.15) is 33.6 Å². The molecule has 0 bridgehead atoms. The molecule has 1 aliphatic heterocycles. The smallest absolute Gasteiger partial charge is 0.166 e. The Kier molecular flexibility index (Phi) is 4.28. The van der Waals surface area contributed by atoms with Crippen LogP contribution in [-0.4, -0.2) is 26.7 Å². The molecule has 0 radical (unpaired) electrons. The standard InChI is InChI=1S/C21H20N6/c1-13-4-6-23-11-18(13)16-8-17-12-27(7-5-19(17)24-10-16)21-15(3)14(2)20(9-22)25-26-21/h4,6,8,10-11H,5,7,12H2,1-3H3. The van der Waals surface area contributed by atoms with Crippen molar-refractivity contribution < 1.29 is 0 Å². The quantitative estimate of drug-likeness (QED) is 0.701. The van der Waals surface area contributed by atoms with Gasteiger partial charge in [0.15, 0.2) is 11.5 Å². The number of aromatic nitrogens is 4. The van der Waals surface area contributed by atoms with E-state index in [1.54, 1.807) is 6.20 Å². The summed E-state index contributed by atoms with van der Waals surface area (Å²) in [6.07, 6.45) is 6.50. The van der Waals surface area contributed by atoms with E-state index in [4.69, 9.17) is 10.2 Å². The van der Waals surface area contributed by atoms with Gasteiger partial charge in [-0.2, -0.15) is 5.26 Å². The largest absolute Gasteiger partial charge is 0.350 e. The van der Waals surface area contributed by atoms with E-state index in [-0.39, 0.29) is 0 Å². The summed E-state index contributed by atoms with van der Waals surface area (Å²) in [5.74, 6) is 0.847. The second-order valence-corrected chi connectivity index (χ2v) is 6.93. The van der Waals surface area contributed by atoms with Gasteiger partial charge in [0.1, 0.15) is 6.07 Å². The number of rotatable bonds is 2. The third-order valence-corrected chi connectivity index (χ3v) is 5.29. The van der Waals surface area contributed by atoms with Crippen LogP contribution in [0.5, 0.6) is 0 Å². The van der Waals surface area contributed by atoms with Gasteiger partial charge >= 0.3 is 0 Å². The number of hydrogen-bond acceptors (Lipinski definition) is 6. The summed E-state index contributed by atoms with van der Waals surface area (Å²) in [4.78, 5) is 11.2. The highest BCUT2D eigenvalue weighted by Gasteiger charge is 2.22. The minimum atomic E-state index is 0.393. The summed E-state index contributed by atoms with van der Waals surface area (Å²) in [6.45, 7) is 7.59. The van der Waals surface area contributed by atoms with Crippen LogP contribution in [0.25, 0.3) is 11.1 Å². The molecule has 0 saturated carbocycles. The first-order valence-electron chi connectivity index (χ1n) is 8.96. The fraction of sp³-hybridized carbons (Fsp3) is 0.286. The number of aryl methyl sites for hydroxylation is 1. The number of fused-ring (bicyclic) bond motifs is 1. The number of nitriles is 1. The first kappa shape index (κ1) is 17.1. The molecule has 6 nitrogen and oxygen atoms in total. The zero-order valence-corrected chi connectivity index (χ0v) is 15.7. The normalized spacial score (nSPS) is 13.2. The Hall–Kier alpha value is -3.33. The van der Waals surface area contributed by atoms with Crippen LogP contribution < -0.4 is 4.90 Å².